The van der Waals surface area contributed by atoms with Crippen molar-refractivity contribution in [2.24, 2.45) is 5.73 Å². The molecule has 0 fully saturated rings. The number of hydrogen-bond donors (Lipinski definition) is 1. The third-order valence-electron chi connectivity index (χ3n) is 2.70. The van der Waals surface area contributed by atoms with Crippen LogP contribution in [0.15, 0.2) is 24.3 Å². The van der Waals surface area contributed by atoms with Crippen LogP contribution in [0.5, 0.6) is 0 Å². The Bertz CT molecular complexity index is 468. The Morgan fingerprint density at radius 3 is 2.35 bits per heavy atom. The molecule has 0 saturated heterocycles. The quantitative estimate of drug-likeness (QED) is 0.845. The molecule has 0 saturated carbocycles. The van der Waals surface area contributed by atoms with E-state index in [1.807, 2.05) is 16.7 Å². The van der Waals surface area contributed by atoms with E-state index in [1.165, 1.54) is 5.56 Å². The molecule has 2 N–H and O–H groups in total. The minimum absolute atomic E-state index is 0.322. The van der Waals surface area contributed by atoms with E-state index >= 15 is 0 Å². The van der Waals surface area contributed by atoms with Gasteiger partial charge < -0.3 is 5.73 Å². The highest BCUT2D eigenvalue weighted by atomic mass is 35.5. The Morgan fingerprint density at radius 2 is 1.82 bits per heavy atom. The van der Waals surface area contributed by atoms with Crippen molar-refractivity contribution in [1.29, 1.82) is 0 Å². The molecule has 0 bridgehead atoms. The Labute approximate surface area is 105 Å². The SMILES string of the molecule is CCc1ccc(-n2c(CN)nnc2CCl)cc1. The van der Waals surface area contributed by atoms with Gasteiger partial charge in [0.2, 0.25) is 0 Å². The number of alkyl halides is 1. The second kappa shape index (κ2) is 5.29. The maximum absolute atomic E-state index is 5.85. The van der Waals surface area contributed by atoms with Crippen molar-refractivity contribution in [2.45, 2.75) is 25.8 Å². The van der Waals surface area contributed by atoms with Gasteiger partial charge in [-0.1, -0.05) is 19.1 Å². The molecule has 17 heavy (non-hydrogen) atoms. The first-order valence-corrected chi connectivity index (χ1v) is 6.12. The minimum Gasteiger partial charge on any atom is -0.324 e. The van der Waals surface area contributed by atoms with Crippen LogP contribution in [0.3, 0.4) is 0 Å². The number of halogens is 1. The molecule has 2 aromatic rings. The van der Waals surface area contributed by atoms with Gasteiger partial charge in [-0.25, -0.2) is 0 Å². The predicted octanol–water partition coefficient (Wildman–Crippen LogP) is 2.03. The summed E-state index contributed by atoms with van der Waals surface area (Å²) in [7, 11) is 0. The molecule has 0 radical (unpaired) electrons. The van der Waals surface area contributed by atoms with E-state index in [-0.39, 0.29) is 0 Å². The first-order chi connectivity index (χ1) is 8.30. The molecule has 0 aliphatic heterocycles. The monoisotopic (exact) mass is 250 g/mol. The molecular formula is C12H15ClN4. The lowest BCUT2D eigenvalue weighted by molar-refractivity contribution is 0.847. The van der Waals surface area contributed by atoms with Crippen LogP contribution in [0.25, 0.3) is 5.69 Å². The van der Waals surface area contributed by atoms with Gasteiger partial charge in [-0.15, -0.1) is 21.8 Å². The molecule has 1 heterocycles. The normalized spacial score (nSPS) is 10.8. The van der Waals surface area contributed by atoms with Gasteiger partial charge in [-0.2, -0.15) is 0 Å². The third-order valence-corrected chi connectivity index (χ3v) is 2.94. The fourth-order valence-electron chi connectivity index (χ4n) is 1.75. The fraction of sp³-hybridized carbons (Fsp3) is 0.333. The first-order valence-electron chi connectivity index (χ1n) is 5.58. The van der Waals surface area contributed by atoms with Crippen molar-refractivity contribution in [2.75, 3.05) is 0 Å². The molecule has 0 amide bonds. The summed E-state index contributed by atoms with van der Waals surface area (Å²) in [4.78, 5) is 0. The number of aryl methyl sites for hydroxylation is 1. The number of nitrogens with zero attached hydrogens (tertiary/aromatic N) is 3. The van der Waals surface area contributed by atoms with Crippen LogP contribution in [0.4, 0.5) is 0 Å². The molecule has 1 aromatic heterocycles. The largest absolute Gasteiger partial charge is 0.324 e. The van der Waals surface area contributed by atoms with Gasteiger partial charge in [0.05, 0.1) is 12.4 Å². The van der Waals surface area contributed by atoms with Crippen molar-refractivity contribution in [3.05, 3.63) is 41.5 Å². The average Bonchev–Trinajstić information content (AvgIpc) is 2.81. The van der Waals surface area contributed by atoms with E-state index in [2.05, 4.69) is 29.3 Å². The lowest BCUT2D eigenvalue weighted by Crippen LogP contribution is -2.08. The number of hydrogen-bond acceptors (Lipinski definition) is 3. The van der Waals surface area contributed by atoms with Gasteiger partial charge in [-0.05, 0) is 24.1 Å². The Morgan fingerprint density at radius 1 is 1.18 bits per heavy atom. The molecule has 5 heteroatoms. The number of nitrogens with two attached hydrogens (primary N) is 1. The highest BCUT2D eigenvalue weighted by molar-refractivity contribution is 6.16. The lowest BCUT2D eigenvalue weighted by atomic mass is 10.1. The molecule has 0 unspecified atom stereocenters. The second-order valence-electron chi connectivity index (χ2n) is 3.73. The molecule has 4 nitrogen and oxygen atoms in total. The summed E-state index contributed by atoms with van der Waals surface area (Å²) in [6.07, 6.45) is 1.02. The topological polar surface area (TPSA) is 56.7 Å². The van der Waals surface area contributed by atoms with Gasteiger partial charge in [-0.3, -0.25) is 4.57 Å². The minimum atomic E-state index is 0.322. The maximum Gasteiger partial charge on any atom is 0.152 e. The molecule has 0 aliphatic carbocycles. The van der Waals surface area contributed by atoms with Gasteiger partial charge in [0.25, 0.3) is 0 Å². The summed E-state index contributed by atoms with van der Waals surface area (Å²) in [5.74, 6) is 1.77. The van der Waals surface area contributed by atoms with Crippen LogP contribution in [-0.2, 0) is 18.8 Å². The zero-order chi connectivity index (χ0) is 12.3. The van der Waals surface area contributed by atoms with Crippen molar-refractivity contribution < 1.29 is 0 Å². The highest BCUT2D eigenvalue weighted by Crippen LogP contribution is 2.15. The standard InChI is InChI=1S/C12H15ClN4/c1-2-9-3-5-10(6-4-9)17-11(7-13)15-16-12(17)8-14/h3-6H,2,7-8,14H2,1H3. The average molecular weight is 251 g/mol. The van der Waals surface area contributed by atoms with Gasteiger partial charge in [0.15, 0.2) is 11.6 Å². The molecule has 1 aromatic carbocycles. The zero-order valence-electron chi connectivity index (χ0n) is 9.73. The van der Waals surface area contributed by atoms with E-state index < -0.39 is 0 Å². The maximum atomic E-state index is 5.85. The Hall–Kier alpha value is -1.39. The van der Waals surface area contributed by atoms with E-state index in [4.69, 9.17) is 17.3 Å². The molecule has 0 atom stereocenters. The molecule has 0 aliphatic rings. The van der Waals surface area contributed by atoms with Crippen LogP contribution in [-0.4, -0.2) is 14.8 Å². The molecule has 90 valence electrons. The van der Waals surface area contributed by atoms with E-state index in [1.54, 1.807) is 0 Å². The first kappa shape index (κ1) is 12.1. The molecule has 0 spiro atoms. The summed E-state index contributed by atoms with van der Waals surface area (Å²) >= 11 is 5.85. The smallest absolute Gasteiger partial charge is 0.152 e. The molecular weight excluding hydrogens is 236 g/mol. The third kappa shape index (κ3) is 2.33. The van der Waals surface area contributed by atoms with Crippen molar-refractivity contribution in [3.8, 4) is 5.69 Å². The highest BCUT2D eigenvalue weighted by Gasteiger charge is 2.11. The van der Waals surface area contributed by atoms with Crippen molar-refractivity contribution in [1.82, 2.24) is 14.8 Å². The summed E-state index contributed by atoms with van der Waals surface area (Å²) in [5, 5.41) is 8.05. The second-order valence-corrected chi connectivity index (χ2v) is 3.99. The van der Waals surface area contributed by atoms with Crippen molar-refractivity contribution in [3.63, 3.8) is 0 Å². The van der Waals surface area contributed by atoms with Gasteiger partial charge >= 0.3 is 0 Å². The van der Waals surface area contributed by atoms with E-state index in [0.717, 1.165) is 23.8 Å². The summed E-state index contributed by atoms with van der Waals surface area (Å²) in [6.45, 7) is 2.47. The van der Waals surface area contributed by atoms with Gasteiger partial charge in [0, 0.05) is 5.69 Å². The Kier molecular flexibility index (Phi) is 3.76. The van der Waals surface area contributed by atoms with Crippen LogP contribution in [0, 0.1) is 0 Å². The van der Waals surface area contributed by atoms with E-state index in [9.17, 15) is 0 Å². The predicted molar refractivity (Wildman–Crippen MR) is 68.2 cm³/mol. The van der Waals surface area contributed by atoms with Crippen LogP contribution in [0.2, 0.25) is 0 Å². The summed E-state index contributed by atoms with van der Waals surface area (Å²) in [5.41, 5.74) is 7.94. The van der Waals surface area contributed by atoms with Crippen molar-refractivity contribution >= 4 is 11.6 Å². The fourth-order valence-corrected chi connectivity index (χ4v) is 1.92. The summed E-state index contributed by atoms with van der Waals surface area (Å²) in [6, 6.07) is 8.26. The number of aromatic nitrogens is 3. The Balaban J connectivity index is 2.46. The van der Waals surface area contributed by atoms with Gasteiger partial charge in [0.1, 0.15) is 0 Å². The van der Waals surface area contributed by atoms with Crippen LogP contribution in [0.1, 0.15) is 24.1 Å². The van der Waals surface area contributed by atoms with Crippen LogP contribution >= 0.6 is 11.6 Å². The number of benzene rings is 1. The summed E-state index contributed by atoms with van der Waals surface area (Å²) < 4.78 is 1.91. The zero-order valence-corrected chi connectivity index (χ0v) is 10.5. The number of rotatable bonds is 4. The molecule has 2 rings (SSSR count). The van der Waals surface area contributed by atoms with Crippen LogP contribution < -0.4 is 5.73 Å². The lowest BCUT2D eigenvalue weighted by Gasteiger charge is -2.08. The van der Waals surface area contributed by atoms with E-state index in [0.29, 0.717) is 12.4 Å².